The topological polar surface area (TPSA) is 136 Å². The highest BCUT2D eigenvalue weighted by atomic mass is 33.1. The fraction of sp³-hybridized carbons (Fsp3) is 0.786. The van der Waals surface area contributed by atoms with Gasteiger partial charge in [0.1, 0.15) is 37.4 Å². The third-order valence-corrected chi connectivity index (χ3v) is 6.47. The fourth-order valence-corrected chi connectivity index (χ4v) is 4.69. The number of rotatable bonds is 9. The number of amides is 1. The second kappa shape index (κ2) is 9.74. The molecule has 1 amide bonds. The van der Waals surface area contributed by atoms with Crippen LogP contribution in [0.1, 0.15) is 12.8 Å². The van der Waals surface area contributed by atoms with Crippen molar-refractivity contribution in [1.82, 2.24) is 10.2 Å². The van der Waals surface area contributed by atoms with Gasteiger partial charge in [-0.05, 0) is 0 Å². The van der Waals surface area contributed by atoms with Gasteiger partial charge in [-0.1, -0.05) is 21.6 Å². The molecule has 5 atom stereocenters. The lowest BCUT2D eigenvalue weighted by Gasteiger charge is -2.45. The average molecular weight is 394 g/mol. The first-order chi connectivity index (χ1) is 12.0. The molecule has 2 heterocycles. The standard InChI is InChI=1S/C14H22N2O7S2/c17-3-1-4-24-25-5-2-10(19)23-7-8-11(20)12(21)13(22)14-15-6-9(18)16(8)14/h3,8,11-15,20-22H,1-2,4-7H2/t8-,11-,12+,13+,14+/m1/s1. The summed E-state index contributed by atoms with van der Waals surface area (Å²) < 4.78 is 5.13. The summed E-state index contributed by atoms with van der Waals surface area (Å²) in [5.41, 5.74) is 0. The van der Waals surface area contributed by atoms with Crippen molar-refractivity contribution >= 4 is 39.8 Å². The van der Waals surface area contributed by atoms with E-state index in [9.17, 15) is 29.7 Å². The number of aliphatic hydroxyl groups is 3. The molecular weight excluding hydrogens is 372 g/mol. The molecule has 4 N–H and O–H groups in total. The van der Waals surface area contributed by atoms with E-state index in [2.05, 4.69) is 5.32 Å². The molecule has 11 heteroatoms. The Morgan fingerprint density at radius 1 is 1.24 bits per heavy atom. The Kier molecular flexibility index (Phi) is 7.97. The van der Waals surface area contributed by atoms with E-state index in [1.54, 1.807) is 0 Å². The Morgan fingerprint density at radius 3 is 2.68 bits per heavy atom. The number of nitrogens with zero attached hydrogens (tertiary/aromatic N) is 1. The molecule has 0 radical (unpaired) electrons. The summed E-state index contributed by atoms with van der Waals surface area (Å²) in [4.78, 5) is 35.1. The van der Waals surface area contributed by atoms with Crippen LogP contribution in [0.2, 0.25) is 0 Å². The Hall–Kier alpha value is -0.850. The molecule has 2 rings (SSSR count). The smallest absolute Gasteiger partial charge is 0.306 e. The minimum absolute atomic E-state index is 0.0136. The van der Waals surface area contributed by atoms with Crippen LogP contribution in [-0.4, -0.2) is 93.6 Å². The van der Waals surface area contributed by atoms with Gasteiger partial charge >= 0.3 is 5.97 Å². The zero-order chi connectivity index (χ0) is 18.4. The van der Waals surface area contributed by atoms with Gasteiger partial charge in [0.05, 0.1) is 19.0 Å². The van der Waals surface area contributed by atoms with Gasteiger partial charge in [-0.2, -0.15) is 0 Å². The molecule has 0 aromatic heterocycles. The first-order valence-corrected chi connectivity index (χ1v) is 10.4. The van der Waals surface area contributed by atoms with Gasteiger partial charge in [0.15, 0.2) is 0 Å². The summed E-state index contributed by atoms with van der Waals surface area (Å²) in [6, 6.07) is -0.913. The van der Waals surface area contributed by atoms with E-state index in [0.29, 0.717) is 17.9 Å². The second-order valence-electron chi connectivity index (χ2n) is 5.70. The molecule has 0 saturated carbocycles. The van der Waals surface area contributed by atoms with Crippen molar-refractivity contribution < 1.29 is 34.4 Å². The molecule has 0 unspecified atom stereocenters. The van der Waals surface area contributed by atoms with Crippen molar-refractivity contribution in [2.24, 2.45) is 0 Å². The van der Waals surface area contributed by atoms with Crippen LogP contribution in [0.4, 0.5) is 0 Å². The van der Waals surface area contributed by atoms with E-state index in [0.717, 1.165) is 6.29 Å². The largest absolute Gasteiger partial charge is 0.463 e. The minimum Gasteiger partial charge on any atom is -0.463 e. The van der Waals surface area contributed by atoms with E-state index in [1.807, 2.05) is 0 Å². The summed E-state index contributed by atoms with van der Waals surface area (Å²) in [5.74, 6) is 0.387. The molecule has 0 bridgehead atoms. The predicted molar refractivity (Wildman–Crippen MR) is 91.6 cm³/mol. The summed E-state index contributed by atoms with van der Waals surface area (Å²) in [5, 5.41) is 32.7. The molecule has 2 aliphatic heterocycles. The van der Waals surface area contributed by atoms with Crippen LogP contribution < -0.4 is 5.32 Å². The Labute approximate surface area is 152 Å². The molecule has 9 nitrogen and oxygen atoms in total. The van der Waals surface area contributed by atoms with Crippen LogP contribution in [0, 0.1) is 0 Å². The molecule has 0 spiro atoms. The van der Waals surface area contributed by atoms with Gasteiger partial charge in [0.2, 0.25) is 5.91 Å². The number of carbonyl (C=O) groups is 3. The van der Waals surface area contributed by atoms with Gasteiger partial charge in [-0.25, -0.2) is 0 Å². The molecule has 0 aliphatic carbocycles. The van der Waals surface area contributed by atoms with E-state index in [4.69, 9.17) is 4.74 Å². The van der Waals surface area contributed by atoms with Crippen LogP contribution in [0.5, 0.6) is 0 Å². The number of ether oxygens (including phenoxy) is 1. The van der Waals surface area contributed by atoms with Crippen molar-refractivity contribution in [2.45, 2.75) is 43.4 Å². The van der Waals surface area contributed by atoms with E-state index >= 15 is 0 Å². The monoisotopic (exact) mass is 394 g/mol. The van der Waals surface area contributed by atoms with Crippen LogP contribution in [-0.2, 0) is 19.1 Å². The van der Waals surface area contributed by atoms with Gasteiger partial charge < -0.3 is 29.8 Å². The highest BCUT2D eigenvalue weighted by Gasteiger charge is 2.52. The highest BCUT2D eigenvalue weighted by molar-refractivity contribution is 8.76. The number of hydrogen-bond donors (Lipinski definition) is 4. The predicted octanol–water partition coefficient (Wildman–Crippen LogP) is -1.89. The molecular formula is C14H22N2O7S2. The lowest BCUT2D eigenvalue weighted by Crippen LogP contribution is -2.68. The fourth-order valence-electron chi connectivity index (χ4n) is 2.76. The van der Waals surface area contributed by atoms with Crippen molar-refractivity contribution in [3.63, 3.8) is 0 Å². The lowest BCUT2D eigenvalue weighted by atomic mass is 9.92. The second-order valence-corrected chi connectivity index (χ2v) is 8.40. The maximum atomic E-state index is 11.9. The first kappa shape index (κ1) is 20.5. The minimum atomic E-state index is -1.44. The van der Waals surface area contributed by atoms with Crippen LogP contribution >= 0.6 is 21.6 Å². The third-order valence-electron chi connectivity index (χ3n) is 4.03. The van der Waals surface area contributed by atoms with Gasteiger partial charge in [0, 0.05) is 17.9 Å². The van der Waals surface area contributed by atoms with Crippen molar-refractivity contribution in [3.05, 3.63) is 0 Å². The van der Waals surface area contributed by atoms with Crippen molar-refractivity contribution in [1.29, 1.82) is 0 Å². The van der Waals surface area contributed by atoms with Gasteiger partial charge in [0.25, 0.3) is 0 Å². The van der Waals surface area contributed by atoms with Crippen LogP contribution in [0.15, 0.2) is 0 Å². The number of hydrogen-bond acceptors (Lipinski definition) is 10. The highest BCUT2D eigenvalue weighted by Crippen LogP contribution is 2.27. The zero-order valence-electron chi connectivity index (χ0n) is 13.4. The van der Waals surface area contributed by atoms with Crippen molar-refractivity contribution in [3.8, 4) is 0 Å². The number of fused-ring (bicyclic) bond motifs is 1. The Bertz CT molecular complexity index is 496. The van der Waals surface area contributed by atoms with Crippen LogP contribution in [0.25, 0.3) is 0 Å². The maximum Gasteiger partial charge on any atom is 0.306 e. The van der Waals surface area contributed by atoms with Crippen LogP contribution in [0.3, 0.4) is 0 Å². The average Bonchev–Trinajstić information content (AvgIpc) is 2.98. The van der Waals surface area contributed by atoms with Crippen molar-refractivity contribution in [2.75, 3.05) is 24.7 Å². The number of carbonyl (C=O) groups excluding carboxylic acids is 3. The first-order valence-electron chi connectivity index (χ1n) is 7.89. The summed E-state index contributed by atoms with van der Waals surface area (Å²) in [6.45, 7) is -0.267. The Balaban J connectivity index is 1.79. The molecule has 2 saturated heterocycles. The molecule has 25 heavy (non-hydrogen) atoms. The number of aldehydes is 1. The molecule has 2 fully saturated rings. The number of aliphatic hydroxyl groups excluding tert-OH is 3. The summed E-state index contributed by atoms with van der Waals surface area (Å²) >= 11 is 0. The normalized spacial score (nSPS) is 31.7. The maximum absolute atomic E-state index is 11.9. The third kappa shape index (κ3) is 5.08. The Morgan fingerprint density at radius 2 is 1.96 bits per heavy atom. The van der Waals surface area contributed by atoms with E-state index in [-0.39, 0.29) is 25.5 Å². The number of esters is 1. The van der Waals surface area contributed by atoms with Gasteiger partial charge in [-0.15, -0.1) is 0 Å². The summed E-state index contributed by atoms with van der Waals surface area (Å²) in [7, 11) is 2.96. The molecule has 0 aromatic rings. The SMILES string of the molecule is O=CCCSSCCC(=O)OC[C@@H]1[C@@H](O)[C@H](O)[C@H](O)[C@H]2NCC(=O)N12. The van der Waals surface area contributed by atoms with E-state index in [1.165, 1.54) is 26.5 Å². The molecule has 2 aliphatic rings. The summed E-state index contributed by atoms with van der Waals surface area (Å²) in [6.07, 6.45) is -3.50. The number of piperidine rings is 1. The van der Waals surface area contributed by atoms with Gasteiger partial charge in [-0.3, -0.25) is 14.9 Å². The molecule has 0 aromatic carbocycles. The van der Waals surface area contributed by atoms with E-state index < -0.39 is 36.5 Å². The molecule has 142 valence electrons. The number of nitrogens with one attached hydrogen (secondary N) is 1. The lowest BCUT2D eigenvalue weighted by molar-refractivity contribution is -0.181. The quantitative estimate of drug-likeness (QED) is 0.152. The zero-order valence-corrected chi connectivity index (χ0v) is 15.1.